The van der Waals surface area contributed by atoms with Crippen LogP contribution in [0.3, 0.4) is 0 Å². The lowest BCUT2D eigenvalue weighted by molar-refractivity contribution is -0.136. The molecule has 2 aromatic rings. The van der Waals surface area contributed by atoms with Gasteiger partial charge in [-0.15, -0.1) is 0 Å². The molecule has 1 N–H and O–H groups in total. The Morgan fingerprint density at radius 3 is 2.75 bits per heavy atom. The summed E-state index contributed by atoms with van der Waals surface area (Å²) in [6, 6.07) is 9.44. The third-order valence-corrected chi connectivity index (χ3v) is 2.95. The molecule has 0 aliphatic heterocycles. The topological polar surface area (TPSA) is 63.1 Å². The zero-order valence-electron chi connectivity index (χ0n) is 11.8. The number of carbonyl (C=O) groups is 1. The van der Waals surface area contributed by atoms with E-state index in [1.54, 1.807) is 0 Å². The number of hydrogen-bond acceptors (Lipinski definition) is 3. The molecule has 0 atom stereocenters. The molecule has 0 fully saturated rings. The van der Waals surface area contributed by atoms with E-state index >= 15 is 0 Å². The normalized spacial score (nSPS) is 10.5. The second-order valence-electron chi connectivity index (χ2n) is 4.83. The van der Waals surface area contributed by atoms with Crippen molar-refractivity contribution in [2.45, 2.75) is 33.1 Å². The van der Waals surface area contributed by atoms with Gasteiger partial charge in [0.1, 0.15) is 5.82 Å². The van der Waals surface area contributed by atoms with Gasteiger partial charge in [0.15, 0.2) is 0 Å². The van der Waals surface area contributed by atoms with Crippen molar-refractivity contribution in [3.8, 4) is 11.3 Å². The predicted octanol–water partition coefficient (Wildman–Crippen LogP) is 3.03. The van der Waals surface area contributed by atoms with E-state index in [9.17, 15) is 4.79 Å². The summed E-state index contributed by atoms with van der Waals surface area (Å²) in [6.07, 6.45) is 1.88. The number of carboxylic acid groups (broad SMARTS) is 1. The molecule has 0 saturated heterocycles. The van der Waals surface area contributed by atoms with Crippen molar-refractivity contribution in [2.75, 3.05) is 0 Å². The van der Waals surface area contributed by atoms with Crippen molar-refractivity contribution >= 4 is 5.97 Å². The van der Waals surface area contributed by atoms with Gasteiger partial charge in [0.25, 0.3) is 0 Å². The molecule has 1 aromatic heterocycles. The Hall–Kier alpha value is -2.23. The second-order valence-corrected chi connectivity index (χ2v) is 4.83. The SMILES string of the molecule is CCCc1nc(C)cc(-c2cccc(CC(=O)O)c2)n1. The standard InChI is InChI=1S/C16H18N2O2/c1-3-5-15-17-11(2)8-14(18-15)13-7-4-6-12(9-13)10-16(19)20/h4,6-9H,3,5,10H2,1-2H3,(H,19,20). The minimum Gasteiger partial charge on any atom is -0.481 e. The first-order valence-electron chi connectivity index (χ1n) is 6.74. The molecule has 0 radical (unpaired) electrons. The Morgan fingerprint density at radius 1 is 1.25 bits per heavy atom. The van der Waals surface area contributed by atoms with Gasteiger partial charge in [0.2, 0.25) is 0 Å². The third kappa shape index (κ3) is 3.63. The third-order valence-electron chi connectivity index (χ3n) is 2.95. The fourth-order valence-corrected chi connectivity index (χ4v) is 2.13. The summed E-state index contributed by atoms with van der Waals surface area (Å²) in [5.41, 5.74) is 3.50. The van der Waals surface area contributed by atoms with Crippen LogP contribution in [0.25, 0.3) is 11.3 Å². The first kappa shape index (κ1) is 14.2. The number of aryl methyl sites for hydroxylation is 2. The van der Waals surface area contributed by atoms with Crippen LogP contribution in [-0.4, -0.2) is 21.0 Å². The quantitative estimate of drug-likeness (QED) is 0.907. The van der Waals surface area contributed by atoms with Crippen LogP contribution in [0, 0.1) is 6.92 Å². The van der Waals surface area contributed by atoms with Crippen molar-refractivity contribution in [1.29, 1.82) is 0 Å². The van der Waals surface area contributed by atoms with Crippen molar-refractivity contribution in [3.05, 3.63) is 47.4 Å². The minimum absolute atomic E-state index is 0.0275. The maximum atomic E-state index is 10.8. The molecule has 104 valence electrons. The number of nitrogens with zero attached hydrogens (tertiary/aromatic N) is 2. The first-order valence-corrected chi connectivity index (χ1v) is 6.74. The van der Waals surface area contributed by atoms with Crippen LogP contribution in [0.1, 0.15) is 30.4 Å². The van der Waals surface area contributed by atoms with Crippen LogP contribution < -0.4 is 0 Å². The van der Waals surface area contributed by atoms with Gasteiger partial charge in [-0.25, -0.2) is 9.97 Å². The summed E-state index contributed by atoms with van der Waals surface area (Å²) < 4.78 is 0. The Labute approximate surface area is 118 Å². The highest BCUT2D eigenvalue weighted by molar-refractivity contribution is 5.71. The van der Waals surface area contributed by atoms with Gasteiger partial charge in [-0.1, -0.05) is 25.1 Å². The number of benzene rings is 1. The van der Waals surface area contributed by atoms with Crippen LogP contribution >= 0.6 is 0 Å². The smallest absolute Gasteiger partial charge is 0.307 e. The minimum atomic E-state index is -0.826. The Bertz CT molecular complexity index is 624. The van der Waals surface area contributed by atoms with E-state index in [0.29, 0.717) is 0 Å². The number of carboxylic acids is 1. The Morgan fingerprint density at radius 2 is 2.05 bits per heavy atom. The van der Waals surface area contributed by atoms with Crippen molar-refractivity contribution < 1.29 is 9.90 Å². The fourth-order valence-electron chi connectivity index (χ4n) is 2.13. The van der Waals surface area contributed by atoms with Crippen LogP contribution in [-0.2, 0) is 17.6 Å². The van der Waals surface area contributed by atoms with Crippen molar-refractivity contribution in [2.24, 2.45) is 0 Å². The molecule has 0 unspecified atom stereocenters. The molecule has 0 aliphatic carbocycles. The molecule has 2 rings (SSSR count). The lowest BCUT2D eigenvalue weighted by Gasteiger charge is -2.07. The maximum absolute atomic E-state index is 10.8. The summed E-state index contributed by atoms with van der Waals surface area (Å²) in [6.45, 7) is 4.05. The summed E-state index contributed by atoms with van der Waals surface area (Å²) in [5.74, 6) is 0.0128. The van der Waals surface area contributed by atoms with Crippen molar-refractivity contribution in [1.82, 2.24) is 9.97 Å². The van der Waals surface area contributed by atoms with Crippen LogP contribution in [0.15, 0.2) is 30.3 Å². The van der Waals surface area contributed by atoms with Gasteiger partial charge in [0.05, 0.1) is 12.1 Å². The van der Waals surface area contributed by atoms with E-state index in [1.165, 1.54) is 0 Å². The molecule has 0 amide bonds. The summed E-state index contributed by atoms with van der Waals surface area (Å²) >= 11 is 0. The average molecular weight is 270 g/mol. The van der Waals surface area contributed by atoms with Gasteiger partial charge in [-0.3, -0.25) is 4.79 Å². The van der Waals surface area contributed by atoms with Crippen molar-refractivity contribution in [3.63, 3.8) is 0 Å². The molecule has 20 heavy (non-hydrogen) atoms. The highest BCUT2D eigenvalue weighted by Crippen LogP contribution is 2.20. The molecule has 4 heteroatoms. The highest BCUT2D eigenvalue weighted by atomic mass is 16.4. The fraction of sp³-hybridized carbons (Fsp3) is 0.312. The number of hydrogen-bond donors (Lipinski definition) is 1. The van der Waals surface area contributed by atoms with Gasteiger partial charge < -0.3 is 5.11 Å². The molecule has 0 aliphatic rings. The molecule has 0 saturated carbocycles. The first-order chi connectivity index (χ1) is 9.58. The number of aliphatic carboxylic acids is 1. The van der Waals surface area contributed by atoms with E-state index in [1.807, 2.05) is 37.3 Å². The lowest BCUT2D eigenvalue weighted by Crippen LogP contribution is -2.01. The lowest BCUT2D eigenvalue weighted by atomic mass is 10.1. The monoisotopic (exact) mass is 270 g/mol. The van der Waals surface area contributed by atoms with Gasteiger partial charge in [0, 0.05) is 17.7 Å². The molecule has 0 bridgehead atoms. The summed E-state index contributed by atoms with van der Waals surface area (Å²) in [5, 5.41) is 8.86. The molecule has 1 heterocycles. The largest absolute Gasteiger partial charge is 0.481 e. The number of rotatable bonds is 5. The zero-order chi connectivity index (χ0) is 14.5. The summed E-state index contributed by atoms with van der Waals surface area (Å²) in [7, 11) is 0. The molecular weight excluding hydrogens is 252 g/mol. The predicted molar refractivity (Wildman–Crippen MR) is 77.5 cm³/mol. The van der Waals surface area contributed by atoms with E-state index < -0.39 is 5.97 Å². The van der Waals surface area contributed by atoms with E-state index in [2.05, 4.69) is 16.9 Å². The van der Waals surface area contributed by atoms with E-state index in [-0.39, 0.29) is 6.42 Å². The zero-order valence-corrected chi connectivity index (χ0v) is 11.8. The van der Waals surface area contributed by atoms with E-state index in [4.69, 9.17) is 5.11 Å². The van der Waals surface area contributed by atoms with E-state index in [0.717, 1.165) is 41.2 Å². The van der Waals surface area contributed by atoms with Crippen LogP contribution in [0.4, 0.5) is 0 Å². The summed E-state index contributed by atoms with van der Waals surface area (Å²) in [4.78, 5) is 19.8. The maximum Gasteiger partial charge on any atom is 0.307 e. The molecule has 4 nitrogen and oxygen atoms in total. The Balaban J connectivity index is 2.37. The highest BCUT2D eigenvalue weighted by Gasteiger charge is 2.07. The molecule has 0 spiro atoms. The van der Waals surface area contributed by atoms with Crippen LogP contribution in [0.2, 0.25) is 0 Å². The Kier molecular flexibility index (Phi) is 4.45. The average Bonchev–Trinajstić information content (AvgIpc) is 2.38. The number of aromatic nitrogens is 2. The van der Waals surface area contributed by atoms with Gasteiger partial charge in [-0.05, 0) is 31.0 Å². The van der Waals surface area contributed by atoms with Crippen LogP contribution in [0.5, 0.6) is 0 Å². The molecular formula is C16H18N2O2. The molecule has 1 aromatic carbocycles. The second kappa shape index (κ2) is 6.28. The van der Waals surface area contributed by atoms with Gasteiger partial charge >= 0.3 is 5.97 Å². The van der Waals surface area contributed by atoms with Gasteiger partial charge in [-0.2, -0.15) is 0 Å².